The molecule has 0 aromatic rings. The van der Waals surface area contributed by atoms with Gasteiger partial charge in [0.25, 0.3) is 0 Å². The minimum absolute atomic E-state index is 0. The summed E-state index contributed by atoms with van der Waals surface area (Å²) in [5.41, 5.74) is 0. The summed E-state index contributed by atoms with van der Waals surface area (Å²) in [5.74, 6) is 1.29. The predicted molar refractivity (Wildman–Crippen MR) is 83.1 cm³/mol. The largest absolute Gasteiger partial charge is 0.316 e. The van der Waals surface area contributed by atoms with Crippen LogP contribution in [-0.4, -0.2) is 31.0 Å². The second kappa shape index (κ2) is 9.51. The van der Waals surface area contributed by atoms with Gasteiger partial charge < -0.3 is 10.6 Å². The number of carbonyl (C=O) groups excluding carboxylic acids is 1. The molecule has 1 fully saturated rings. The lowest BCUT2D eigenvalue weighted by atomic mass is 9.91. The normalized spacial score (nSPS) is 17.1. The van der Waals surface area contributed by atoms with Crippen LogP contribution in [-0.2, 0) is 4.79 Å². The molecule has 0 aromatic carbocycles. The van der Waals surface area contributed by atoms with Crippen LogP contribution in [0.5, 0.6) is 0 Å². The maximum Gasteiger partial charge on any atom is 0.152 e. The molecule has 1 saturated heterocycles. The van der Waals surface area contributed by atoms with Crippen LogP contribution in [0.15, 0.2) is 0 Å². The first-order valence-corrected chi connectivity index (χ1v) is 7.51. The van der Waals surface area contributed by atoms with Gasteiger partial charge in [0.1, 0.15) is 0 Å². The number of rotatable bonds is 7. The smallest absolute Gasteiger partial charge is 0.152 e. The van der Waals surface area contributed by atoms with Crippen LogP contribution in [0.3, 0.4) is 0 Å². The first kappa shape index (κ1) is 17.6. The summed E-state index contributed by atoms with van der Waals surface area (Å²) in [6.45, 7) is 14.4. The average molecular weight is 260 g/mol. The lowest BCUT2D eigenvalue weighted by Crippen LogP contribution is -2.46. The summed E-state index contributed by atoms with van der Waals surface area (Å²) >= 11 is 0. The molecular formula is C15H36N2O. The highest BCUT2D eigenvalue weighted by Gasteiger charge is 2.24. The van der Waals surface area contributed by atoms with Crippen LogP contribution < -0.4 is 10.6 Å². The number of hydrogen-bond acceptors (Lipinski definition) is 3. The van der Waals surface area contributed by atoms with Crippen LogP contribution in [0.4, 0.5) is 0 Å². The van der Waals surface area contributed by atoms with E-state index < -0.39 is 0 Å². The van der Waals surface area contributed by atoms with Gasteiger partial charge in [-0.25, -0.2) is 0 Å². The minimum atomic E-state index is 0. The highest BCUT2D eigenvalue weighted by atomic mass is 16.1. The van der Waals surface area contributed by atoms with Crippen molar-refractivity contribution in [1.82, 2.24) is 10.6 Å². The van der Waals surface area contributed by atoms with Crippen molar-refractivity contribution in [3.63, 3.8) is 0 Å². The summed E-state index contributed by atoms with van der Waals surface area (Å²) in [7, 11) is 0. The first-order valence-electron chi connectivity index (χ1n) is 7.51. The van der Waals surface area contributed by atoms with Gasteiger partial charge >= 0.3 is 0 Å². The highest BCUT2D eigenvalue weighted by Crippen LogP contribution is 2.15. The molecule has 0 aliphatic carbocycles. The van der Waals surface area contributed by atoms with Crippen molar-refractivity contribution >= 4 is 5.78 Å². The van der Waals surface area contributed by atoms with Gasteiger partial charge in [-0.05, 0) is 31.8 Å². The Hall–Kier alpha value is -0.410. The Morgan fingerprint density at radius 1 is 1.28 bits per heavy atom. The zero-order chi connectivity index (χ0) is 14.1. The standard InChI is InChI=1S/C13H26N2O.C2H6.2H2/c1-9(2)13(16)12(15-10(3)4)6-5-11-7-14-8-11;1-2;;/h9-12,14-15H,5-8H2,1-4H3;1-2H3;2*1H. The summed E-state index contributed by atoms with van der Waals surface area (Å²) in [4.78, 5) is 12.0. The molecule has 18 heavy (non-hydrogen) atoms. The van der Waals surface area contributed by atoms with E-state index in [1.807, 2.05) is 27.7 Å². The number of hydrogen-bond donors (Lipinski definition) is 2. The molecule has 0 saturated carbocycles. The third-order valence-corrected chi connectivity index (χ3v) is 3.18. The van der Waals surface area contributed by atoms with Crippen molar-refractivity contribution < 1.29 is 7.65 Å². The average Bonchev–Trinajstić information content (AvgIpc) is 2.26. The summed E-state index contributed by atoms with van der Waals surface area (Å²) in [5, 5.41) is 6.67. The SMILES string of the molecule is CC.CC(C)NC(CCC1CNC1)C(=O)C(C)C.[HH].[HH]. The van der Waals surface area contributed by atoms with E-state index in [0.717, 1.165) is 31.8 Å². The molecule has 1 atom stereocenters. The van der Waals surface area contributed by atoms with E-state index in [4.69, 9.17) is 0 Å². The maximum atomic E-state index is 12.0. The molecule has 1 aliphatic heterocycles. The van der Waals surface area contributed by atoms with Gasteiger partial charge in [0.05, 0.1) is 6.04 Å². The second-order valence-electron chi connectivity index (χ2n) is 5.53. The van der Waals surface area contributed by atoms with E-state index in [2.05, 4.69) is 24.5 Å². The van der Waals surface area contributed by atoms with Crippen LogP contribution in [0.2, 0.25) is 0 Å². The highest BCUT2D eigenvalue weighted by molar-refractivity contribution is 5.85. The summed E-state index contributed by atoms with van der Waals surface area (Å²) in [6.07, 6.45) is 2.15. The Bertz CT molecular complexity index is 232. The third kappa shape index (κ3) is 6.50. The molecule has 0 aromatic heterocycles. The number of carbonyl (C=O) groups is 1. The van der Waals surface area contributed by atoms with Crippen molar-refractivity contribution in [2.24, 2.45) is 11.8 Å². The van der Waals surface area contributed by atoms with E-state index in [1.54, 1.807) is 0 Å². The van der Waals surface area contributed by atoms with Gasteiger partial charge in [-0.15, -0.1) is 0 Å². The van der Waals surface area contributed by atoms with E-state index in [9.17, 15) is 4.79 Å². The van der Waals surface area contributed by atoms with Gasteiger partial charge in [0.2, 0.25) is 0 Å². The zero-order valence-electron chi connectivity index (χ0n) is 13.0. The number of ketones is 1. The topological polar surface area (TPSA) is 41.1 Å². The van der Waals surface area contributed by atoms with Crippen molar-refractivity contribution in [2.45, 2.75) is 66.5 Å². The lowest BCUT2D eigenvalue weighted by Gasteiger charge is -2.29. The molecule has 1 rings (SSSR count). The molecule has 1 unspecified atom stereocenters. The Morgan fingerprint density at radius 3 is 2.17 bits per heavy atom. The fraction of sp³-hybridized carbons (Fsp3) is 0.933. The monoisotopic (exact) mass is 260 g/mol. The van der Waals surface area contributed by atoms with Gasteiger partial charge in [0, 0.05) is 14.8 Å². The van der Waals surface area contributed by atoms with E-state index in [-0.39, 0.29) is 14.8 Å². The van der Waals surface area contributed by atoms with Crippen LogP contribution in [0.1, 0.15) is 57.2 Å². The Labute approximate surface area is 116 Å². The molecule has 112 valence electrons. The van der Waals surface area contributed by atoms with Crippen LogP contribution >= 0.6 is 0 Å². The van der Waals surface area contributed by atoms with Gasteiger partial charge in [-0.2, -0.15) is 0 Å². The molecule has 0 bridgehead atoms. The van der Waals surface area contributed by atoms with Gasteiger partial charge in [0.15, 0.2) is 5.78 Å². The fourth-order valence-electron chi connectivity index (χ4n) is 2.07. The van der Waals surface area contributed by atoms with E-state index in [0.29, 0.717) is 11.8 Å². The molecular weight excluding hydrogens is 224 g/mol. The lowest BCUT2D eigenvalue weighted by molar-refractivity contribution is -0.124. The fourth-order valence-corrected chi connectivity index (χ4v) is 2.07. The third-order valence-electron chi connectivity index (χ3n) is 3.18. The molecule has 1 heterocycles. The van der Waals surface area contributed by atoms with Gasteiger partial charge in [-0.3, -0.25) is 4.79 Å². The first-order chi connectivity index (χ1) is 8.50. The molecule has 2 N–H and O–H groups in total. The Morgan fingerprint density at radius 2 is 1.83 bits per heavy atom. The van der Waals surface area contributed by atoms with Crippen molar-refractivity contribution in [3.05, 3.63) is 0 Å². The van der Waals surface area contributed by atoms with E-state index in [1.165, 1.54) is 0 Å². The minimum Gasteiger partial charge on any atom is -0.316 e. The van der Waals surface area contributed by atoms with Crippen LogP contribution in [0, 0.1) is 11.8 Å². The zero-order valence-corrected chi connectivity index (χ0v) is 13.0. The Kier molecular flexibility index (Phi) is 9.29. The molecule has 0 amide bonds. The molecule has 3 heteroatoms. The van der Waals surface area contributed by atoms with E-state index >= 15 is 0 Å². The Balaban J connectivity index is -0.000000689. The number of nitrogens with one attached hydrogen (secondary N) is 2. The molecule has 1 aliphatic rings. The van der Waals surface area contributed by atoms with Crippen LogP contribution in [0.25, 0.3) is 0 Å². The number of Topliss-reactive ketones (excluding diaryl/α,β-unsaturated/α-hetero) is 1. The summed E-state index contributed by atoms with van der Waals surface area (Å²) in [6, 6.07) is 0.438. The molecule has 0 radical (unpaired) electrons. The predicted octanol–water partition coefficient (Wildman–Crippen LogP) is 3.10. The van der Waals surface area contributed by atoms with Crippen molar-refractivity contribution in [1.29, 1.82) is 0 Å². The van der Waals surface area contributed by atoms with Gasteiger partial charge in [-0.1, -0.05) is 41.5 Å². The summed E-state index contributed by atoms with van der Waals surface area (Å²) < 4.78 is 0. The maximum absolute atomic E-state index is 12.0. The molecule has 3 nitrogen and oxygen atoms in total. The quantitative estimate of drug-likeness (QED) is 0.739. The molecule has 0 spiro atoms. The van der Waals surface area contributed by atoms with Crippen molar-refractivity contribution in [2.75, 3.05) is 13.1 Å². The second-order valence-corrected chi connectivity index (χ2v) is 5.53. The van der Waals surface area contributed by atoms with Crippen molar-refractivity contribution in [3.8, 4) is 0 Å².